The minimum atomic E-state index is -1.64. The van der Waals surface area contributed by atoms with Gasteiger partial charge in [-0.3, -0.25) is 4.79 Å². The number of carbonyl (C=O) groups is 1. The number of nitro groups is 1. The van der Waals surface area contributed by atoms with Crippen molar-refractivity contribution in [3.8, 4) is 5.75 Å². The fraction of sp³-hybridized carbons (Fsp3) is 0.133. The standard InChI is InChI=1S/C15H12Cl2N2O4/c1-15(14(20)18-19(21)22,10-5-3-2-4-6-10)23-13-8-11(16)7-12(17)9-13/h2-9H,1H3,(H,18,20). The first-order valence-electron chi connectivity index (χ1n) is 6.47. The SMILES string of the molecule is CC(Oc1cc(Cl)cc(Cl)c1)(C(=O)N[N+](=O)[O-])c1ccccc1. The average molecular weight is 355 g/mol. The molecule has 0 saturated heterocycles. The Morgan fingerprint density at radius 2 is 1.74 bits per heavy atom. The maximum atomic E-state index is 12.3. The summed E-state index contributed by atoms with van der Waals surface area (Å²) in [5.74, 6) is -0.711. The Bertz CT molecular complexity index is 719. The molecule has 8 heteroatoms. The van der Waals surface area contributed by atoms with E-state index in [-0.39, 0.29) is 5.75 Å². The van der Waals surface area contributed by atoms with Gasteiger partial charge in [-0.15, -0.1) is 0 Å². The molecule has 2 aromatic carbocycles. The van der Waals surface area contributed by atoms with E-state index in [1.165, 1.54) is 25.1 Å². The van der Waals surface area contributed by atoms with Gasteiger partial charge < -0.3 is 4.74 Å². The number of hydrazine groups is 1. The number of benzene rings is 2. The second kappa shape index (κ2) is 6.85. The summed E-state index contributed by atoms with van der Waals surface area (Å²) in [6.07, 6.45) is 0. The van der Waals surface area contributed by atoms with Crippen LogP contribution in [0, 0.1) is 10.1 Å². The van der Waals surface area contributed by atoms with Gasteiger partial charge >= 0.3 is 5.91 Å². The van der Waals surface area contributed by atoms with E-state index in [2.05, 4.69) is 0 Å². The van der Waals surface area contributed by atoms with Gasteiger partial charge in [-0.05, 0) is 25.1 Å². The molecule has 120 valence electrons. The Kier molecular flexibility index (Phi) is 5.08. The van der Waals surface area contributed by atoms with Crippen LogP contribution in [-0.4, -0.2) is 10.9 Å². The highest BCUT2D eigenvalue weighted by Crippen LogP contribution is 2.32. The first kappa shape index (κ1) is 17.1. The van der Waals surface area contributed by atoms with Crippen molar-refractivity contribution in [2.75, 3.05) is 0 Å². The molecular formula is C15H12Cl2N2O4. The van der Waals surface area contributed by atoms with Crippen LogP contribution in [0.5, 0.6) is 5.75 Å². The smallest absolute Gasteiger partial charge is 0.327 e. The van der Waals surface area contributed by atoms with Crippen LogP contribution >= 0.6 is 23.2 Å². The number of hydrogen-bond acceptors (Lipinski definition) is 4. The number of nitrogens with one attached hydrogen (secondary N) is 1. The number of hydrogen-bond donors (Lipinski definition) is 1. The van der Waals surface area contributed by atoms with Crippen molar-refractivity contribution < 1.29 is 14.6 Å². The van der Waals surface area contributed by atoms with Crippen LogP contribution < -0.4 is 10.2 Å². The summed E-state index contributed by atoms with van der Waals surface area (Å²) in [5, 5.41) is 10.3. The van der Waals surface area contributed by atoms with E-state index in [1.807, 2.05) is 0 Å². The summed E-state index contributed by atoms with van der Waals surface area (Å²) in [4.78, 5) is 22.9. The molecule has 0 spiro atoms. The van der Waals surface area contributed by atoms with Gasteiger partial charge in [0.2, 0.25) is 5.60 Å². The molecule has 0 aliphatic heterocycles. The van der Waals surface area contributed by atoms with E-state index >= 15 is 0 Å². The van der Waals surface area contributed by atoms with Crippen molar-refractivity contribution in [1.29, 1.82) is 0 Å². The molecule has 1 atom stereocenters. The highest BCUT2D eigenvalue weighted by atomic mass is 35.5. The van der Waals surface area contributed by atoms with Gasteiger partial charge in [0.1, 0.15) is 5.75 Å². The zero-order valence-electron chi connectivity index (χ0n) is 12.0. The molecule has 1 N–H and O–H groups in total. The van der Waals surface area contributed by atoms with Crippen LogP contribution in [0.25, 0.3) is 0 Å². The lowest BCUT2D eigenvalue weighted by Crippen LogP contribution is -2.48. The first-order valence-corrected chi connectivity index (χ1v) is 7.23. The minimum Gasteiger partial charge on any atom is -0.473 e. The lowest BCUT2D eigenvalue weighted by atomic mass is 9.95. The van der Waals surface area contributed by atoms with Crippen LogP contribution in [0.4, 0.5) is 0 Å². The summed E-state index contributed by atoms with van der Waals surface area (Å²) >= 11 is 11.8. The summed E-state index contributed by atoms with van der Waals surface area (Å²) in [6, 6.07) is 12.8. The molecular weight excluding hydrogens is 343 g/mol. The second-order valence-corrected chi connectivity index (χ2v) is 5.68. The van der Waals surface area contributed by atoms with Gasteiger partial charge in [0, 0.05) is 15.6 Å². The number of nitrogens with zero attached hydrogens (tertiary/aromatic N) is 1. The van der Waals surface area contributed by atoms with Crippen molar-refractivity contribution in [3.05, 3.63) is 74.3 Å². The van der Waals surface area contributed by atoms with Crippen LogP contribution in [0.3, 0.4) is 0 Å². The first-order chi connectivity index (χ1) is 10.8. The Labute approximate surface area is 142 Å². The molecule has 2 rings (SSSR count). The predicted molar refractivity (Wildman–Crippen MR) is 86.0 cm³/mol. The fourth-order valence-electron chi connectivity index (χ4n) is 2.01. The molecule has 0 heterocycles. The maximum absolute atomic E-state index is 12.3. The number of ether oxygens (including phenoxy) is 1. The van der Waals surface area contributed by atoms with Crippen LogP contribution in [0.1, 0.15) is 12.5 Å². The molecule has 0 saturated carbocycles. The number of rotatable bonds is 5. The molecule has 23 heavy (non-hydrogen) atoms. The predicted octanol–water partition coefficient (Wildman–Crippen LogP) is 3.60. The Morgan fingerprint density at radius 3 is 2.26 bits per heavy atom. The van der Waals surface area contributed by atoms with Crippen LogP contribution in [-0.2, 0) is 10.4 Å². The molecule has 0 aliphatic rings. The minimum absolute atomic E-state index is 0.215. The van der Waals surface area contributed by atoms with Gasteiger partial charge in [0.25, 0.3) is 0 Å². The third-order valence-electron chi connectivity index (χ3n) is 3.11. The van der Waals surface area contributed by atoms with Crippen molar-refractivity contribution in [3.63, 3.8) is 0 Å². The molecule has 6 nitrogen and oxygen atoms in total. The number of amides is 1. The highest BCUT2D eigenvalue weighted by Gasteiger charge is 2.40. The van der Waals surface area contributed by atoms with Crippen molar-refractivity contribution in [2.24, 2.45) is 0 Å². The third-order valence-corrected chi connectivity index (χ3v) is 3.55. The van der Waals surface area contributed by atoms with E-state index in [9.17, 15) is 14.9 Å². The molecule has 0 bridgehead atoms. The fourth-order valence-corrected chi connectivity index (χ4v) is 2.51. The molecule has 0 aliphatic carbocycles. The lowest BCUT2D eigenvalue weighted by molar-refractivity contribution is -0.531. The van der Waals surface area contributed by atoms with E-state index in [0.29, 0.717) is 15.6 Å². The van der Waals surface area contributed by atoms with Crippen molar-refractivity contribution in [2.45, 2.75) is 12.5 Å². The van der Waals surface area contributed by atoms with E-state index in [4.69, 9.17) is 27.9 Å². The topological polar surface area (TPSA) is 81.5 Å². The lowest BCUT2D eigenvalue weighted by Gasteiger charge is -2.28. The van der Waals surface area contributed by atoms with Crippen molar-refractivity contribution >= 4 is 29.1 Å². The Morgan fingerprint density at radius 1 is 1.17 bits per heavy atom. The molecule has 0 radical (unpaired) electrons. The summed E-state index contributed by atoms with van der Waals surface area (Å²) < 4.78 is 5.73. The zero-order valence-corrected chi connectivity index (χ0v) is 13.5. The third kappa shape index (κ3) is 4.12. The summed E-state index contributed by atoms with van der Waals surface area (Å²) in [6.45, 7) is 1.43. The molecule has 1 amide bonds. The summed E-state index contributed by atoms with van der Waals surface area (Å²) in [5.41, 5.74) is 0.427. The quantitative estimate of drug-likeness (QED) is 0.656. The van der Waals surface area contributed by atoms with Crippen LogP contribution in [0.15, 0.2) is 48.5 Å². The molecule has 0 aromatic heterocycles. The van der Waals surface area contributed by atoms with Crippen molar-refractivity contribution in [1.82, 2.24) is 5.43 Å². The highest BCUT2D eigenvalue weighted by molar-refractivity contribution is 6.34. The van der Waals surface area contributed by atoms with E-state index in [1.54, 1.807) is 35.8 Å². The molecule has 2 aromatic rings. The monoisotopic (exact) mass is 354 g/mol. The average Bonchev–Trinajstić information content (AvgIpc) is 2.46. The Hall–Kier alpha value is -2.31. The summed E-state index contributed by atoms with van der Waals surface area (Å²) in [7, 11) is 0. The zero-order chi connectivity index (χ0) is 17.0. The van der Waals surface area contributed by atoms with E-state index < -0.39 is 16.5 Å². The van der Waals surface area contributed by atoms with Gasteiger partial charge in [-0.2, -0.15) is 0 Å². The molecule has 1 unspecified atom stereocenters. The largest absolute Gasteiger partial charge is 0.473 e. The van der Waals surface area contributed by atoms with Gasteiger partial charge in [-0.25, -0.2) is 10.1 Å². The number of carbonyl (C=O) groups excluding carboxylic acids is 1. The maximum Gasteiger partial charge on any atom is 0.327 e. The van der Waals surface area contributed by atoms with Gasteiger partial charge in [-0.1, -0.05) is 59.0 Å². The second-order valence-electron chi connectivity index (χ2n) is 4.80. The normalized spacial score (nSPS) is 13.0. The van der Waals surface area contributed by atoms with Crippen LogP contribution in [0.2, 0.25) is 10.0 Å². The van der Waals surface area contributed by atoms with Gasteiger partial charge in [0.15, 0.2) is 5.03 Å². The van der Waals surface area contributed by atoms with E-state index in [0.717, 1.165) is 0 Å². The van der Waals surface area contributed by atoms with Gasteiger partial charge in [0.05, 0.1) is 0 Å². The molecule has 0 fully saturated rings. The number of halogens is 2. The Balaban J connectivity index is 2.45.